The van der Waals surface area contributed by atoms with E-state index in [1.165, 1.54) is 0 Å². The van der Waals surface area contributed by atoms with Crippen molar-refractivity contribution in [1.29, 1.82) is 0 Å². The van der Waals surface area contributed by atoms with Crippen molar-refractivity contribution < 1.29 is 18.8 Å². The van der Waals surface area contributed by atoms with E-state index in [1.807, 2.05) is 43.3 Å². The molecule has 0 saturated carbocycles. The summed E-state index contributed by atoms with van der Waals surface area (Å²) in [6.45, 7) is 2.47. The molecule has 1 unspecified atom stereocenters. The van der Waals surface area contributed by atoms with Gasteiger partial charge in [0.2, 0.25) is 5.91 Å². The fourth-order valence-corrected chi connectivity index (χ4v) is 3.40. The Hall–Kier alpha value is -3.35. The molecule has 1 atom stereocenters. The zero-order valence-electron chi connectivity index (χ0n) is 16.0. The molecule has 1 aliphatic rings. The van der Waals surface area contributed by atoms with Gasteiger partial charge in [0.15, 0.2) is 5.82 Å². The quantitative estimate of drug-likeness (QED) is 0.674. The minimum absolute atomic E-state index is 0.00236. The maximum absolute atomic E-state index is 12.6. The molecule has 0 spiro atoms. The topological polar surface area (TPSA) is 77.7 Å². The standard InChI is InChI=1S/C21H21N3O4/c1-13-6-4-5-7-18(13)21-22-20(23-28-21)14-8-19(25)24(12-14)15-9-16(26-2)11-17(10-15)27-3/h4-7,9-11,14H,8,12H2,1-3H3. The molecule has 0 radical (unpaired) electrons. The van der Waals surface area contributed by atoms with Crippen LogP contribution in [0.1, 0.15) is 23.7 Å². The lowest BCUT2D eigenvalue weighted by atomic mass is 10.1. The van der Waals surface area contributed by atoms with E-state index in [1.54, 1.807) is 25.2 Å². The van der Waals surface area contributed by atoms with Crippen molar-refractivity contribution in [1.82, 2.24) is 10.1 Å². The molecule has 28 heavy (non-hydrogen) atoms. The van der Waals surface area contributed by atoms with Gasteiger partial charge in [-0.1, -0.05) is 23.4 Å². The summed E-state index contributed by atoms with van der Waals surface area (Å²) in [7, 11) is 3.17. The van der Waals surface area contributed by atoms with Gasteiger partial charge in [0.1, 0.15) is 11.5 Å². The maximum atomic E-state index is 12.6. The molecule has 0 N–H and O–H groups in total. The summed E-state index contributed by atoms with van der Waals surface area (Å²) >= 11 is 0. The average molecular weight is 379 g/mol. The van der Waals surface area contributed by atoms with Crippen LogP contribution in [0.25, 0.3) is 11.5 Å². The van der Waals surface area contributed by atoms with Gasteiger partial charge in [0, 0.05) is 42.6 Å². The van der Waals surface area contributed by atoms with Gasteiger partial charge in [-0.3, -0.25) is 4.79 Å². The van der Waals surface area contributed by atoms with Crippen LogP contribution in [0, 0.1) is 6.92 Å². The van der Waals surface area contributed by atoms with E-state index in [0.29, 0.717) is 36.2 Å². The highest BCUT2D eigenvalue weighted by Crippen LogP contribution is 2.35. The van der Waals surface area contributed by atoms with Gasteiger partial charge in [0.25, 0.3) is 5.89 Å². The predicted molar refractivity (Wildman–Crippen MR) is 104 cm³/mol. The number of aromatic nitrogens is 2. The Morgan fingerprint density at radius 1 is 1.11 bits per heavy atom. The number of carbonyl (C=O) groups excluding carboxylic acids is 1. The van der Waals surface area contributed by atoms with Crippen LogP contribution >= 0.6 is 0 Å². The van der Waals surface area contributed by atoms with Crippen molar-refractivity contribution in [2.75, 3.05) is 25.7 Å². The van der Waals surface area contributed by atoms with Crippen LogP contribution in [0.2, 0.25) is 0 Å². The molecular formula is C21H21N3O4. The highest BCUT2D eigenvalue weighted by molar-refractivity contribution is 5.96. The number of nitrogens with zero attached hydrogens (tertiary/aromatic N) is 3. The number of hydrogen-bond donors (Lipinski definition) is 0. The summed E-state index contributed by atoms with van der Waals surface area (Å²) in [5, 5.41) is 4.13. The number of hydrogen-bond acceptors (Lipinski definition) is 6. The molecule has 1 amide bonds. The van der Waals surface area contributed by atoms with Gasteiger partial charge in [-0.2, -0.15) is 4.98 Å². The Bertz CT molecular complexity index is 992. The Labute approximate surface area is 162 Å². The van der Waals surface area contributed by atoms with Crippen LogP contribution in [0.5, 0.6) is 11.5 Å². The van der Waals surface area contributed by atoms with Crippen molar-refractivity contribution in [2.45, 2.75) is 19.3 Å². The minimum Gasteiger partial charge on any atom is -0.497 e. The first-order valence-corrected chi connectivity index (χ1v) is 9.02. The normalized spacial score (nSPS) is 16.5. The fourth-order valence-electron chi connectivity index (χ4n) is 3.40. The van der Waals surface area contributed by atoms with Crippen LogP contribution in [0.4, 0.5) is 5.69 Å². The SMILES string of the molecule is COc1cc(OC)cc(N2CC(c3noc(-c4ccccc4C)n3)CC2=O)c1. The van der Waals surface area contributed by atoms with Crippen molar-refractivity contribution >= 4 is 11.6 Å². The molecular weight excluding hydrogens is 358 g/mol. The average Bonchev–Trinajstić information content (AvgIpc) is 3.34. The van der Waals surface area contributed by atoms with Gasteiger partial charge in [-0.15, -0.1) is 0 Å². The number of ether oxygens (including phenoxy) is 2. The summed E-state index contributed by atoms with van der Waals surface area (Å²) < 4.78 is 16.1. The lowest BCUT2D eigenvalue weighted by Gasteiger charge is -2.18. The van der Waals surface area contributed by atoms with Crippen LogP contribution in [-0.4, -0.2) is 36.8 Å². The second kappa shape index (κ2) is 7.34. The number of anilines is 1. The first-order valence-electron chi connectivity index (χ1n) is 9.02. The van der Waals surface area contributed by atoms with Crippen LogP contribution < -0.4 is 14.4 Å². The molecule has 1 aromatic heterocycles. The molecule has 2 aromatic carbocycles. The van der Waals surface area contributed by atoms with Crippen LogP contribution in [0.15, 0.2) is 47.0 Å². The van der Waals surface area contributed by atoms with Gasteiger partial charge < -0.3 is 18.9 Å². The molecule has 4 rings (SSSR count). The Balaban J connectivity index is 1.58. The lowest BCUT2D eigenvalue weighted by molar-refractivity contribution is -0.117. The molecule has 0 bridgehead atoms. The molecule has 3 aromatic rings. The van der Waals surface area contributed by atoms with Crippen molar-refractivity contribution in [3.05, 3.63) is 53.9 Å². The smallest absolute Gasteiger partial charge is 0.258 e. The van der Waals surface area contributed by atoms with Crippen molar-refractivity contribution in [3.63, 3.8) is 0 Å². The predicted octanol–water partition coefficient (Wildman–Crippen LogP) is 3.58. The molecule has 1 aliphatic heterocycles. The number of carbonyl (C=O) groups is 1. The second-order valence-electron chi connectivity index (χ2n) is 6.75. The molecule has 144 valence electrons. The summed E-state index contributed by atoms with van der Waals surface area (Å²) in [6.07, 6.45) is 0.326. The van der Waals surface area contributed by atoms with Crippen LogP contribution in [0.3, 0.4) is 0 Å². The maximum Gasteiger partial charge on any atom is 0.258 e. The summed E-state index contributed by atoms with van der Waals surface area (Å²) in [6, 6.07) is 13.2. The van der Waals surface area contributed by atoms with E-state index in [9.17, 15) is 4.79 Å². The summed E-state index contributed by atoms with van der Waals surface area (Å²) in [4.78, 5) is 18.9. The third-order valence-corrected chi connectivity index (χ3v) is 4.96. The van der Waals surface area contributed by atoms with Gasteiger partial charge in [-0.25, -0.2) is 0 Å². The third-order valence-electron chi connectivity index (χ3n) is 4.96. The number of amides is 1. The molecule has 7 nitrogen and oxygen atoms in total. The number of methoxy groups -OCH3 is 2. The molecule has 0 aliphatic carbocycles. The van der Waals surface area contributed by atoms with E-state index in [2.05, 4.69) is 10.1 Å². The van der Waals surface area contributed by atoms with E-state index < -0.39 is 0 Å². The highest BCUT2D eigenvalue weighted by Gasteiger charge is 2.35. The molecule has 2 heterocycles. The zero-order valence-corrected chi connectivity index (χ0v) is 16.0. The lowest BCUT2D eigenvalue weighted by Crippen LogP contribution is -2.24. The third kappa shape index (κ3) is 3.31. The Morgan fingerprint density at radius 2 is 1.82 bits per heavy atom. The van der Waals surface area contributed by atoms with Crippen LogP contribution in [-0.2, 0) is 4.79 Å². The van der Waals surface area contributed by atoms with E-state index in [0.717, 1.165) is 16.8 Å². The van der Waals surface area contributed by atoms with E-state index in [4.69, 9.17) is 14.0 Å². The first kappa shape index (κ1) is 18.0. The van der Waals surface area contributed by atoms with Crippen molar-refractivity contribution in [3.8, 4) is 23.0 Å². The van der Waals surface area contributed by atoms with Gasteiger partial charge in [-0.05, 0) is 18.6 Å². The second-order valence-corrected chi connectivity index (χ2v) is 6.75. The van der Waals surface area contributed by atoms with E-state index >= 15 is 0 Å². The zero-order chi connectivity index (χ0) is 19.7. The summed E-state index contributed by atoms with van der Waals surface area (Å²) in [5.41, 5.74) is 2.69. The minimum atomic E-state index is -0.133. The number of benzene rings is 2. The largest absolute Gasteiger partial charge is 0.497 e. The number of rotatable bonds is 5. The first-order chi connectivity index (χ1) is 13.6. The highest BCUT2D eigenvalue weighted by atomic mass is 16.5. The Kier molecular flexibility index (Phi) is 4.73. The molecule has 1 fully saturated rings. The van der Waals surface area contributed by atoms with Gasteiger partial charge >= 0.3 is 0 Å². The monoisotopic (exact) mass is 379 g/mol. The van der Waals surface area contributed by atoms with E-state index in [-0.39, 0.29) is 11.8 Å². The van der Waals surface area contributed by atoms with Crippen molar-refractivity contribution in [2.24, 2.45) is 0 Å². The molecule has 1 saturated heterocycles. The summed E-state index contributed by atoms with van der Waals surface area (Å²) in [5.74, 6) is 2.15. The molecule has 7 heteroatoms. The number of aryl methyl sites for hydroxylation is 1. The van der Waals surface area contributed by atoms with Gasteiger partial charge in [0.05, 0.1) is 19.9 Å². The fraction of sp³-hybridized carbons (Fsp3) is 0.286. The Morgan fingerprint density at radius 3 is 2.50 bits per heavy atom.